The van der Waals surface area contributed by atoms with Crippen LogP contribution in [0.15, 0.2) is 182 Å². The molecule has 4 aliphatic carbocycles. The van der Waals surface area contributed by atoms with E-state index in [-0.39, 0.29) is 10.8 Å². The van der Waals surface area contributed by atoms with Gasteiger partial charge in [-0.1, -0.05) is 166 Å². The number of nitrogens with zero attached hydrogens (tertiary/aromatic N) is 1. The van der Waals surface area contributed by atoms with Gasteiger partial charge in [0.25, 0.3) is 0 Å². The second kappa shape index (κ2) is 11.2. The van der Waals surface area contributed by atoms with Gasteiger partial charge in [0.05, 0.1) is 16.8 Å². The molecule has 0 bridgehead atoms. The van der Waals surface area contributed by atoms with Crippen molar-refractivity contribution in [2.45, 2.75) is 37.5 Å². The Morgan fingerprint density at radius 3 is 1.77 bits per heavy atom. The minimum absolute atomic E-state index is 0.117. The third-order valence-corrected chi connectivity index (χ3v) is 12.6. The largest absolute Gasteiger partial charge is 0.309 e. The summed E-state index contributed by atoms with van der Waals surface area (Å²) in [5, 5.41) is 0. The molecule has 0 atom stereocenters. The predicted octanol–water partition coefficient (Wildman–Crippen LogP) is 13.6. The van der Waals surface area contributed by atoms with Crippen LogP contribution in [-0.2, 0) is 10.8 Å². The van der Waals surface area contributed by atoms with Gasteiger partial charge in [-0.25, -0.2) is 0 Å². The average Bonchev–Trinajstić information content (AvgIpc) is 3.78. The molecule has 0 N–H and O–H groups in total. The zero-order valence-electron chi connectivity index (χ0n) is 30.1. The van der Waals surface area contributed by atoms with Crippen LogP contribution in [0.25, 0.3) is 39.0 Å². The molecule has 7 aromatic carbocycles. The predicted molar refractivity (Wildman–Crippen MR) is 221 cm³/mol. The lowest BCUT2D eigenvalue weighted by Crippen LogP contribution is -2.28. The Hall–Kier alpha value is -6.18. The van der Waals surface area contributed by atoms with Crippen LogP contribution in [0.2, 0.25) is 0 Å². The van der Waals surface area contributed by atoms with Crippen molar-refractivity contribution in [2.24, 2.45) is 0 Å². The number of anilines is 3. The van der Waals surface area contributed by atoms with Gasteiger partial charge in [-0.2, -0.15) is 0 Å². The first-order valence-corrected chi connectivity index (χ1v) is 19.0. The van der Waals surface area contributed by atoms with Crippen LogP contribution in [0.5, 0.6) is 0 Å². The number of hydrogen-bond donors (Lipinski definition) is 0. The highest BCUT2D eigenvalue weighted by atomic mass is 15.1. The van der Waals surface area contributed by atoms with Crippen molar-refractivity contribution in [1.82, 2.24) is 0 Å². The fourth-order valence-corrected chi connectivity index (χ4v) is 10.4. The van der Waals surface area contributed by atoms with Gasteiger partial charge in [0, 0.05) is 22.2 Å². The monoisotopic (exact) mass is 677 g/mol. The molecule has 4 aliphatic rings. The Balaban J connectivity index is 1.22. The molecule has 0 fully saturated rings. The molecule has 0 saturated heterocycles. The fourth-order valence-electron chi connectivity index (χ4n) is 10.4. The first kappa shape index (κ1) is 30.4. The Morgan fingerprint density at radius 1 is 0.472 bits per heavy atom. The number of rotatable bonds is 4. The number of allylic oxidation sites excluding steroid dienone is 4. The third kappa shape index (κ3) is 4.03. The summed E-state index contributed by atoms with van der Waals surface area (Å²) in [5.41, 5.74) is 22.2. The van der Waals surface area contributed by atoms with Gasteiger partial charge in [0.1, 0.15) is 0 Å². The van der Waals surface area contributed by atoms with Crippen LogP contribution in [-0.4, -0.2) is 0 Å². The summed E-state index contributed by atoms with van der Waals surface area (Å²) in [4.78, 5) is 2.57. The summed E-state index contributed by atoms with van der Waals surface area (Å²) in [7, 11) is 0. The SMILES string of the molecule is CC1(C)c2ccccc2-c2ccc(N(c3ccccc3-c3ccccc3)c3cccc4c3C3=C(CCC=C3)C43c4ccccc4-c4ccccc43)cc21. The van der Waals surface area contributed by atoms with Crippen LogP contribution in [0.4, 0.5) is 17.1 Å². The zero-order chi connectivity index (χ0) is 35.3. The molecule has 252 valence electrons. The van der Waals surface area contributed by atoms with Crippen LogP contribution in [0.1, 0.15) is 60.1 Å². The van der Waals surface area contributed by atoms with Crippen molar-refractivity contribution in [1.29, 1.82) is 0 Å². The summed E-state index contributed by atoms with van der Waals surface area (Å²) >= 11 is 0. The van der Waals surface area contributed by atoms with E-state index in [1.165, 1.54) is 95.0 Å². The molecular formula is C52H39N. The molecule has 0 aliphatic heterocycles. The number of para-hydroxylation sites is 1. The Kier molecular flexibility index (Phi) is 6.41. The van der Waals surface area contributed by atoms with Crippen molar-refractivity contribution in [3.05, 3.63) is 215 Å². The van der Waals surface area contributed by atoms with E-state index in [2.05, 4.69) is 195 Å². The van der Waals surface area contributed by atoms with Gasteiger partial charge < -0.3 is 4.90 Å². The van der Waals surface area contributed by atoms with Gasteiger partial charge in [-0.15, -0.1) is 0 Å². The molecule has 0 radical (unpaired) electrons. The number of benzene rings is 7. The molecule has 53 heavy (non-hydrogen) atoms. The van der Waals surface area contributed by atoms with E-state index in [9.17, 15) is 0 Å². The molecule has 0 amide bonds. The highest BCUT2D eigenvalue weighted by Crippen LogP contribution is 2.65. The molecule has 0 saturated carbocycles. The first-order chi connectivity index (χ1) is 26.1. The molecule has 1 nitrogen and oxygen atoms in total. The highest BCUT2D eigenvalue weighted by molar-refractivity contribution is 6.03. The molecule has 0 heterocycles. The standard InChI is InChI=1S/C52H39N/c1-51(2)42-24-11-6-20-37(42)40-32-31-35(33-47(40)51)53(48-29-15-10-19-36(48)34-17-4-3-5-18-34)49-30-16-28-46-50(49)41-23-9-14-27-45(41)52(46)43-25-12-7-21-38(43)39-22-8-13-26-44(39)52/h3-13,15-26,28-33H,14,27H2,1-2H3. The number of hydrogen-bond acceptors (Lipinski definition) is 1. The second-order valence-electron chi connectivity index (χ2n) is 15.5. The van der Waals surface area contributed by atoms with Crippen molar-refractivity contribution in [3.63, 3.8) is 0 Å². The lowest BCUT2D eigenvalue weighted by atomic mass is 9.68. The summed E-state index contributed by atoms with van der Waals surface area (Å²) in [6, 6.07) is 61.4. The maximum Gasteiger partial charge on any atom is 0.0689 e. The molecular weight excluding hydrogens is 639 g/mol. The highest BCUT2D eigenvalue weighted by Gasteiger charge is 2.53. The quantitative estimate of drug-likeness (QED) is 0.179. The van der Waals surface area contributed by atoms with Crippen LogP contribution in [0, 0.1) is 0 Å². The Labute approximate surface area is 312 Å². The van der Waals surface area contributed by atoms with Gasteiger partial charge in [-0.3, -0.25) is 0 Å². The second-order valence-corrected chi connectivity index (χ2v) is 15.5. The van der Waals surface area contributed by atoms with E-state index in [0.717, 1.165) is 12.8 Å². The lowest BCUT2D eigenvalue weighted by molar-refractivity contribution is 0.660. The lowest BCUT2D eigenvalue weighted by Gasteiger charge is -2.34. The van der Waals surface area contributed by atoms with Crippen LogP contribution < -0.4 is 4.90 Å². The van der Waals surface area contributed by atoms with Crippen LogP contribution >= 0.6 is 0 Å². The van der Waals surface area contributed by atoms with Crippen molar-refractivity contribution in [2.75, 3.05) is 4.90 Å². The molecule has 1 spiro atoms. The molecule has 0 unspecified atom stereocenters. The van der Waals surface area contributed by atoms with E-state index in [4.69, 9.17) is 0 Å². The molecule has 0 aromatic heterocycles. The molecule has 11 rings (SSSR count). The van der Waals surface area contributed by atoms with E-state index >= 15 is 0 Å². The van der Waals surface area contributed by atoms with Gasteiger partial charge >= 0.3 is 0 Å². The minimum atomic E-state index is -0.329. The van der Waals surface area contributed by atoms with Crippen molar-refractivity contribution in [3.8, 4) is 33.4 Å². The third-order valence-electron chi connectivity index (χ3n) is 12.6. The maximum atomic E-state index is 2.57. The summed E-state index contributed by atoms with van der Waals surface area (Å²) in [6.45, 7) is 4.76. The molecule has 1 heteroatoms. The van der Waals surface area contributed by atoms with Gasteiger partial charge in [-0.05, 0) is 104 Å². The minimum Gasteiger partial charge on any atom is -0.309 e. The van der Waals surface area contributed by atoms with Gasteiger partial charge in [0.2, 0.25) is 0 Å². The summed E-state index contributed by atoms with van der Waals surface area (Å²) in [5.74, 6) is 0. The zero-order valence-corrected chi connectivity index (χ0v) is 30.1. The van der Waals surface area contributed by atoms with E-state index in [1.807, 2.05) is 0 Å². The fraction of sp³-hybridized carbons (Fsp3) is 0.115. The summed E-state index contributed by atoms with van der Waals surface area (Å²) < 4.78 is 0. The first-order valence-electron chi connectivity index (χ1n) is 19.0. The normalized spacial score (nSPS) is 16.1. The van der Waals surface area contributed by atoms with Crippen molar-refractivity contribution >= 4 is 22.6 Å². The van der Waals surface area contributed by atoms with E-state index < -0.39 is 0 Å². The Morgan fingerprint density at radius 2 is 1.04 bits per heavy atom. The van der Waals surface area contributed by atoms with Crippen LogP contribution in [0.3, 0.4) is 0 Å². The smallest absolute Gasteiger partial charge is 0.0689 e. The average molecular weight is 678 g/mol. The summed E-state index contributed by atoms with van der Waals surface area (Å²) in [6.07, 6.45) is 6.91. The number of fused-ring (bicyclic) bond motifs is 12. The topological polar surface area (TPSA) is 3.24 Å². The van der Waals surface area contributed by atoms with Gasteiger partial charge in [0.15, 0.2) is 0 Å². The van der Waals surface area contributed by atoms with E-state index in [0.29, 0.717) is 0 Å². The van der Waals surface area contributed by atoms with Crippen molar-refractivity contribution < 1.29 is 0 Å². The maximum absolute atomic E-state index is 2.57. The Bertz CT molecular complexity index is 2660. The molecule has 7 aromatic rings. The van der Waals surface area contributed by atoms with E-state index in [1.54, 1.807) is 0 Å².